The SMILES string of the molecule is COc1cc(Cl)c(-c2ccc3oc(-c4ccc(F)cc4)c(C=O)c3c2)cc1C(=O)NC1(c2nc(C)no2)CC1. The number of rotatable bonds is 7. The molecule has 1 fully saturated rings. The van der Waals surface area contributed by atoms with Crippen molar-refractivity contribution in [2.24, 2.45) is 0 Å². The molecule has 1 N–H and O–H groups in total. The Morgan fingerprint density at radius 1 is 1.13 bits per heavy atom. The van der Waals surface area contributed by atoms with Crippen molar-refractivity contribution in [2.75, 3.05) is 7.11 Å². The van der Waals surface area contributed by atoms with Gasteiger partial charge in [0, 0.05) is 22.6 Å². The van der Waals surface area contributed by atoms with Crippen molar-refractivity contribution in [1.82, 2.24) is 15.5 Å². The highest BCUT2D eigenvalue weighted by Gasteiger charge is 2.51. The molecular weight excluding hydrogens is 525 g/mol. The van der Waals surface area contributed by atoms with Crippen molar-refractivity contribution in [2.45, 2.75) is 25.3 Å². The van der Waals surface area contributed by atoms with Crippen LogP contribution in [0.2, 0.25) is 5.02 Å². The second-order valence-electron chi connectivity index (χ2n) is 9.40. The summed E-state index contributed by atoms with van der Waals surface area (Å²) in [5, 5.41) is 7.76. The number of hydrogen-bond acceptors (Lipinski definition) is 7. The maximum atomic E-state index is 13.4. The van der Waals surface area contributed by atoms with Crippen LogP contribution in [0.3, 0.4) is 0 Å². The molecule has 6 rings (SSSR count). The monoisotopic (exact) mass is 545 g/mol. The number of furan rings is 1. The number of aldehydes is 1. The van der Waals surface area contributed by atoms with Gasteiger partial charge in [-0.3, -0.25) is 9.59 Å². The third-order valence-electron chi connectivity index (χ3n) is 6.84. The number of ether oxygens (including phenoxy) is 1. The van der Waals surface area contributed by atoms with E-state index in [4.69, 9.17) is 25.3 Å². The number of aromatic nitrogens is 2. The number of carbonyl (C=O) groups excluding carboxylic acids is 2. The standard InChI is InChI=1S/C29H21ClFN3O5/c1-15-32-28(39-34-15)29(9-10-29)33-27(36)21-12-19(23(30)13-25(21)37-2)17-5-8-24-20(11-17)22(14-35)26(38-24)16-3-6-18(31)7-4-16/h3-8,11-14H,9-10H2,1-2H3,(H,33,36). The number of halogens is 2. The van der Waals surface area contributed by atoms with Gasteiger partial charge < -0.3 is 19.0 Å². The van der Waals surface area contributed by atoms with Gasteiger partial charge in [0.2, 0.25) is 0 Å². The molecule has 0 unspecified atom stereocenters. The zero-order valence-electron chi connectivity index (χ0n) is 20.9. The Morgan fingerprint density at radius 3 is 2.51 bits per heavy atom. The highest BCUT2D eigenvalue weighted by molar-refractivity contribution is 6.33. The van der Waals surface area contributed by atoms with Crippen LogP contribution < -0.4 is 10.1 Å². The molecule has 39 heavy (non-hydrogen) atoms. The van der Waals surface area contributed by atoms with Crippen LogP contribution in [0.15, 0.2) is 63.5 Å². The summed E-state index contributed by atoms with van der Waals surface area (Å²) in [6.45, 7) is 1.72. The molecule has 5 aromatic rings. The Labute approximate surface area is 226 Å². The first kappa shape index (κ1) is 24.8. The van der Waals surface area contributed by atoms with E-state index in [0.29, 0.717) is 80.6 Å². The van der Waals surface area contributed by atoms with Crippen LogP contribution in [-0.4, -0.2) is 29.4 Å². The Morgan fingerprint density at radius 2 is 1.87 bits per heavy atom. The highest BCUT2D eigenvalue weighted by atomic mass is 35.5. The smallest absolute Gasteiger partial charge is 0.255 e. The van der Waals surface area contributed by atoms with E-state index in [2.05, 4.69) is 15.5 Å². The second kappa shape index (κ2) is 9.36. The molecule has 0 saturated heterocycles. The van der Waals surface area contributed by atoms with Gasteiger partial charge >= 0.3 is 0 Å². The number of benzene rings is 3. The van der Waals surface area contributed by atoms with Crippen molar-refractivity contribution >= 4 is 34.8 Å². The van der Waals surface area contributed by atoms with E-state index in [-0.39, 0.29) is 11.5 Å². The van der Waals surface area contributed by atoms with Crippen LogP contribution in [0.5, 0.6) is 5.75 Å². The van der Waals surface area contributed by atoms with Crippen molar-refractivity contribution in [3.8, 4) is 28.2 Å². The molecule has 1 amide bonds. The van der Waals surface area contributed by atoms with Gasteiger partial charge in [0.15, 0.2) is 12.1 Å². The van der Waals surface area contributed by atoms with Gasteiger partial charge in [0.1, 0.15) is 28.4 Å². The predicted molar refractivity (Wildman–Crippen MR) is 141 cm³/mol. The van der Waals surface area contributed by atoms with E-state index in [0.717, 1.165) is 0 Å². The lowest BCUT2D eigenvalue weighted by atomic mass is 9.98. The number of fused-ring (bicyclic) bond motifs is 1. The van der Waals surface area contributed by atoms with Crippen molar-refractivity contribution < 1.29 is 27.7 Å². The lowest BCUT2D eigenvalue weighted by Crippen LogP contribution is -2.35. The average molecular weight is 546 g/mol. The maximum absolute atomic E-state index is 13.4. The third kappa shape index (κ3) is 4.34. The minimum atomic E-state index is -0.714. The van der Waals surface area contributed by atoms with Gasteiger partial charge in [-0.05, 0) is 67.8 Å². The Hall–Kier alpha value is -4.50. The molecule has 2 heterocycles. The zero-order valence-corrected chi connectivity index (χ0v) is 21.6. The van der Waals surface area contributed by atoms with Crippen LogP contribution in [0.25, 0.3) is 33.4 Å². The molecule has 0 bridgehead atoms. The van der Waals surface area contributed by atoms with Gasteiger partial charge in [-0.15, -0.1) is 0 Å². The summed E-state index contributed by atoms with van der Waals surface area (Å²) in [4.78, 5) is 29.8. The van der Waals surface area contributed by atoms with Crippen LogP contribution >= 0.6 is 11.6 Å². The van der Waals surface area contributed by atoms with E-state index in [1.807, 2.05) is 0 Å². The predicted octanol–water partition coefficient (Wildman–Crippen LogP) is 6.49. The topological polar surface area (TPSA) is 107 Å². The molecular formula is C29H21ClFN3O5. The summed E-state index contributed by atoms with van der Waals surface area (Å²) in [5.41, 5.74) is 2.16. The minimum Gasteiger partial charge on any atom is -0.496 e. The van der Waals surface area contributed by atoms with Crippen LogP contribution in [0.4, 0.5) is 4.39 Å². The third-order valence-corrected chi connectivity index (χ3v) is 7.15. The number of aryl methyl sites for hydroxylation is 1. The van der Waals surface area contributed by atoms with E-state index in [1.54, 1.807) is 49.4 Å². The van der Waals surface area contributed by atoms with Crippen molar-refractivity contribution in [1.29, 1.82) is 0 Å². The van der Waals surface area contributed by atoms with Gasteiger partial charge in [0.25, 0.3) is 11.8 Å². The van der Waals surface area contributed by atoms with Gasteiger partial charge in [-0.2, -0.15) is 4.98 Å². The highest BCUT2D eigenvalue weighted by Crippen LogP contribution is 2.45. The first-order valence-corrected chi connectivity index (χ1v) is 12.5. The number of nitrogens with zero attached hydrogens (tertiary/aromatic N) is 2. The number of methoxy groups -OCH3 is 1. The summed E-state index contributed by atoms with van der Waals surface area (Å²) >= 11 is 6.63. The summed E-state index contributed by atoms with van der Waals surface area (Å²) < 4.78 is 30.2. The molecule has 8 nitrogen and oxygen atoms in total. The van der Waals surface area contributed by atoms with E-state index < -0.39 is 11.4 Å². The van der Waals surface area contributed by atoms with Crippen LogP contribution in [0.1, 0.15) is 45.3 Å². The van der Waals surface area contributed by atoms with Gasteiger partial charge in [-0.1, -0.05) is 22.8 Å². The molecule has 196 valence electrons. The number of nitrogens with one attached hydrogen (secondary N) is 1. The van der Waals surface area contributed by atoms with Crippen LogP contribution in [-0.2, 0) is 5.54 Å². The minimum absolute atomic E-state index is 0.273. The molecule has 0 radical (unpaired) electrons. The summed E-state index contributed by atoms with van der Waals surface area (Å²) in [7, 11) is 1.46. The molecule has 1 aliphatic carbocycles. The lowest BCUT2D eigenvalue weighted by Gasteiger charge is -2.16. The maximum Gasteiger partial charge on any atom is 0.255 e. The van der Waals surface area contributed by atoms with Crippen LogP contribution in [0, 0.1) is 12.7 Å². The Balaban J connectivity index is 1.40. The molecule has 0 spiro atoms. The van der Waals surface area contributed by atoms with Gasteiger partial charge in [-0.25, -0.2) is 4.39 Å². The number of carbonyl (C=O) groups is 2. The number of amides is 1. The first-order valence-electron chi connectivity index (χ1n) is 12.1. The molecule has 0 atom stereocenters. The van der Waals surface area contributed by atoms with E-state index in [1.165, 1.54) is 19.2 Å². The second-order valence-corrected chi connectivity index (χ2v) is 9.80. The first-order chi connectivity index (χ1) is 18.8. The summed E-state index contributed by atoms with van der Waals surface area (Å²) in [5.74, 6) is 0.724. The Bertz CT molecular complexity index is 1760. The number of hydrogen-bond donors (Lipinski definition) is 1. The summed E-state index contributed by atoms with van der Waals surface area (Å²) in [6.07, 6.45) is 2.05. The van der Waals surface area contributed by atoms with E-state index >= 15 is 0 Å². The Kier molecular flexibility index (Phi) is 5.95. The largest absolute Gasteiger partial charge is 0.496 e. The van der Waals surface area contributed by atoms with Crippen molar-refractivity contribution in [3.63, 3.8) is 0 Å². The van der Waals surface area contributed by atoms with Crippen molar-refractivity contribution in [3.05, 3.63) is 88.3 Å². The molecule has 1 aliphatic rings. The fourth-order valence-electron chi connectivity index (χ4n) is 4.63. The normalized spacial score (nSPS) is 13.8. The average Bonchev–Trinajstić information content (AvgIpc) is 3.41. The van der Waals surface area contributed by atoms with Gasteiger partial charge in [0.05, 0.1) is 23.3 Å². The molecule has 3 aromatic carbocycles. The quantitative estimate of drug-likeness (QED) is 0.233. The fourth-order valence-corrected chi connectivity index (χ4v) is 4.90. The molecule has 1 saturated carbocycles. The molecule has 10 heteroatoms. The molecule has 2 aromatic heterocycles. The summed E-state index contributed by atoms with van der Waals surface area (Å²) in [6, 6.07) is 14.2. The zero-order chi connectivity index (χ0) is 27.3. The molecule has 0 aliphatic heterocycles. The fraction of sp³-hybridized carbons (Fsp3) is 0.172. The lowest BCUT2D eigenvalue weighted by molar-refractivity contribution is 0.0917. The van der Waals surface area contributed by atoms with E-state index in [9.17, 15) is 14.0 Å².